The van der Waals surface area contributed by atoms with E-state index in [0.717, 1.165) is 22.5 Å². The first-order valence-electron chi connectivity index (χ1n) is 11.0. The van der Waals surface area contributed by atoms with Crippen LogP contribution < -0.4 is 24.8 Å². The maximum Gasteiger partial charge on any atom is 0.273 e. The van der Waals surface area contributed by atoms with E-state index in [2.05, 4.69) is 5.32 Å². The molecule has 0 aliphatic heterocycles. The van der Waals surface area contributed by atoms with Crippen LogP contribution in [0.4, 0.5) is 0 Å². The van der Waals surface area contributed by atoms with Gasteiger partial charge in [-0.1, -0.05) is 60.7 Å². The smallest absolute Gasteiger partial charge is 0.273 e. The fourth-order valence-electron chi connectivity index (χ4n) is 3.59. The van der Waals surface area contributed by atoms with Crippen molar-refractivity contribution in [2.75, 3.05) is 13.7 Å². The van der Waals surface area contributed by atoms with Crippen LogP contribution >= 0.6 is 11.3 Å². The molecule has 0 fully saturated rings. The van der Waals surface area contributed by atoms with Crippen LogP contribution in [-0.4, -0.2) is 24.1 Å². The Morgan fingerprint density at radius 3 is 2.46 bits per heavy atom. The van der Waals surface area contributed by atoms with Crippen molar-refractivity contribution in [3.8, 4) is 17.5 Å². The zero-order valence-corrected chi connectivity index (χ0v) is 19.9. The Hall–Kier alpha value is -4.41. The van der Waals surface area contributed by atoms with Crippen LogP contribution in [0.2, 0.25) is 0 Å². The predicted octanol–water partition coefficient (Wildman–Crippen LogP) is 2.77. The van der Waals surface area contributed by atoms with Crippen molar-refractivity contribution in [2.45, 2.75) is 6.42 Å². The molecule has 0 bridgehead atoms. The summed E-state index contributed by atoms with van der Waals surface area (Å²) < 4.78 is 7.39. The zero-order chi connectivity index (χ0) is 24.6. The molecule has 3 aromatic carbocycles. The molecular weight excluding hydrogens is 458 g/mol. The van der Waals surface area contributed by atoms with Gasteiger partial charge in [0.1, 0.15) is 16.5 Å². The number of hydrogen-bond acceptors (Lipinski definition) is 5. The third kappa shape index (κ3) is 5.57. The van der Waals surface area contributed by atoms with Gasteiger partial charge in [-0.25, -0.2) is 0 Å². The van der Waals surface area contributed by atoms with E-state index in [4.69, 9.17) is 4.74 Å². The molecule has 0 saturated carbocycles. The van der Waals surface area contributed by atoms with Crippen molar-refractivity contribution in [1.29, 1.82) is 5.26 Å². The summed E-state index contributed by atoms with van der Waals surface area (Å²) in [5.41, 5.74) is 2.04. The molecule has 1 N–H and O–H groups in total. The first-order chi connectivity index (χ1) is 17.1. The number of hydrogen-bond donors (Lipinski definition) is 1. The second-order valence-corrected chi connectivity index (χ2v) is 8.68. The number of para-hydroxylation sites is 1. The van der Waals surface area contributed by atoms with E-state index in [0.29, 0.717) is 28.9 Å². The molecule has 0 spiro atoms. The highest BCUT2D eigenvalue weighted by atomic mass is 32.1. The number of ether oxygens (including phenoxy) is 1. The van der Waals surface area contributed by atoms with Gasteiger partial charge in [-0.05, 0) is 47.9 Å². The van der Waals surface area contributed by atoms with Crippen LogP contribution in [0.3, 0.4) is 0 Å². The van der Waals surface area contributed by atoms with Gasteiger partial charge in [-0.2, -0.15) is 5.26 Å². The van der Waals surface area contributed by atoms with Crippen LogP contribution in [0.25, 0.3) is 17.3 Å². The predicted molar refractivity (Wildman–Crippen MR) is 138 cm³/mol. The van der Waals surface area contributed by atoms with Crippen molar-refractivity contribution in [2.24, 2.45) is 0 Å². The fraction of sp³-hybridized carbons (Fsp3) is 0.107. The van der Waals surface area contributed by atoms with Crippen LogP contribution in [-0.2, 0) is 11.2 Å². The SMILES string of the molecule is COc1cccc(/C=c2\s/c(=C(/C#N)C(=O)NCCc3ccccc3)n(-c3ccccc3)c2=O)c1. The highest BCUT2D eigenvalue weighted by Gasteiger charge is 2.16. The van der Waals surface area contributed by atoms with Crippen molar-refractivity contribution < 1.29 is 9.53 Å². The second-order valence-electron chi connectivity index (χ2n) is 7.65. The molecule has 4 aromatic rings. The Labute approximate surface area is 206 Å². The fourth-order valence-corrected chi connectivity index (χ4v) is 4.70. The third-order valence-electron chi connectivity index (χ3n) is 5.32. The Kier molecular flexibility index (Phi) is 7.56. The van der Waals surface area contributed by atoms with E-state index in [-0.39, 0.29) is 15.8 Å². The lowest BCUT2D eigenvalue weighted by atomic mass is 10.1. The summed E-state index contributed by atoms with van der Waals surface area (Å²) in [6, 6.07) is 28.1. The minimum Gasteiger partial charge on any atom is -0.497 e. The van der Waals surface area contributed by atoms with Gasteiger partial charge in [0.2, 0.25) is 0 Å². The van der Waals surface area contributed by atoms with Gasteiger partial charge >= 0.3 is 0 Å². The summed E-state index contributed by atoms with van der Waals surface area (Å²) in [6.07, 6.45) is 2.37. The van der Waals surface area contributed by atoms with Gasteiger partial charge in [-0.15, -0.1) is 11.3 Å². The lowest BCUT2D eigenvalue weighted by Gasteiger charge is -2.06. The number of amides is 1. The molecule has 4 rings (SSSR count). The molecule has 7 heteroatoms. The number of rotatable bonds is 7. The molecule has 1 aromatic heterocycles. The monoisotopic (exact) mass is 481 g/mol. The molecule has 1 heterocycles. The van der Waals surface area contributed by atoms with Crippen LogP contribution in [0, 0.1) is 11.3 Å². The first kappa shape index (κ1) is 23.7. The number of carbonyl (C=O) groups excluding carboxylic acids is 1. The van der Waals surface area contributed by atoms with Crippen LogP contribution in [0.5, 0.6) is 5.75 Å². The highest BCUT2D eigenvalue weighted by Crippen LogP contribution is 2.13. The van der Waals surface area contributed by atoms with Gasteiger partial charge in [0, 0.05) is 6.54 Å². The van der Waals surface area contributed by atoms with Gasteiger partial charge in [0.15, 0.2) is 5.57 Å². The summed E-state index contributed by atoms with van der Waals surface area (Å²) in [5.74, 6) is 0.156. The molecule has 0 atom stereocenters. The average molecular weight is 482 g/mol. The number of nitriles is 1. The molecule has 0 saturated heterocycles. The maximum absolute atomic E-state index is 13.4. The van der Waals surface area contributed by atoms with E-state index in [1.54, 1.807) is 37.5 Å². The Bertz CT molecular complexity index is 1550. The van der Waals surface area contributed by atoms with Crippen LogP contribution in [0.1, 0.15) is 11.1 Å². The number of methoxy groups -OCH3 is 1. The topological polar surface area (TPSA) is 84.1 Å². The molecule has 0 aliphatic rings. The summed E-state index contributed by atoms with van der Waals surface area (Å²) in [6.45, 7) is 0.373. The number of thiazole rings is 1. The first-order valence-corrected chi connectivity index (χ1v) is 11.8. The summed E-state index contributed by atoms with van der Waals surface area (Å²) in [7, 11) is 1.58. The molecule has 1 amide bonds. The van der Waals surface area contributed by atoms with E-state index < -0.39 is 5.91 Å². The summed E-state index contributed by atoms with van der Waals surface area (Å²) >= 11 is 1.11. The molecule has 6 nitrogen and oxygen atoms in total. The zero-order valence-electron chi connectivity index (χ0n) is 19.1. The van der Waals surface area contributed by atoms with E-state index in [1.807, 2.05) is 66.7 Å². The number of carbonyl (C=O) groups is 1. The summed E-state index contributed by atoms with van der Waals surface area (Å²) in [5, 5.41) is 12.7. The second kappa shape index (κ2) is 11.1. The van der Waals surface area contributed by atoms with Gasteiger partial charge in [0.05, 0.1) is 17.3 Å². The molecule has 35 heavy (non-hydrogen) atoms. The van der Waals surface area contributed by atoms with Crippen LogP contribution in [0.15, 0.2) is 89.7 Å². The van der Waals surface area contributed by atoms with Crippen molar-refractivity contribution >= 4 is 28.9 Å². The van der Waals surface area contributed by atoms with Crippen molar-refractivity contribution in [3.63, 3.8) is 0 Å². The quantitative estimate of drug-likeness (QED) is 0.440. The number of nitrogens with one attached hydrogen (secondary N) is 1. The Morgan fingerprint density at radius 1 is 1.06 bits per heavy atom. The normalized spacial score (nSPS) is 12.1. The third-order valence-corrected chi connectivity index (χ3v) is 6.42. The van der Waals surface area contributed by atoms with E-state index in [1.165, 1.54) is 4.57 Å². The standard InChI is InChI=1S/C28H23N3O3S/c1-34-23-14-8-11-21(17-23)18-25-27(33)31(22-12-6-3-7-13-22)28(35-25)24(19-29)26(32)30-16-15-20-9-4-2-5-10-20/h2-14,17-18H,15-16H2,1H3,(H,30,32)/b25-18-,28-24-. The van der Waals surface area contributed by atoms with Gasteiger partial charge in [-0.3, -0.25) is 14.2 Å². The largest absolute Gasteiger partial charge is 0.497 e. The van der Waals surface area contributed by atoms with E-state index in [9.17, 15) is 14.9 Å². The minimum atomic E-state index is -0.512. The Morgan fingerprint density at radius 2 is 1.77 bits per heavy atom. The Balaban J connectivity index is 1.80. The van der Waals surface area contributed by atoms with Crippen molar-refractivity contribution in [3.05, 3.63) is 116 Å². The molecule has 0 aliphatic carbocycles. The lowest BCUT2D eigenvalue weighted by Crippen LogP contribution is -2.34. The molecular formula is C28H23N3O3S. The van der Waals surface area contributed by atoms with E-state index >= 15 is 0 Å². The summed E-state index contributed by atoms with van der Waals surface area (Å²) in [4.78, 5) is 26.5. The van der Waals surface area contributed by atoms with Crippen molar-refractivity contribution in [1.82, 2.24) is 9.88 Å². The molecule has 174 valence electrons. The average Bonchev–Trinajstić information content (AvgIpc) is 3.21. The highest BCUT2D eigenvalue weighted by molar-refractivity contribution is 7.07. The van der Waals surface area contributed by atoms with Gasteiger partial charge in [0.25, 0.3) is 11.5 Å². The lowest BCUT2D eigenvalue weighted by molar-refractivity contribution is -0.115. The minimum absolute atomic E-state index is 0.102. The molecule has 0 unspecified atom stereocenters. The number of benzene rings is 3. The number of aromatic nitrogens is 1. The van der Waals surface area contributed by atoms with Gasteiger partial charge < -0.3 is 10.1 Å². The number of nitrogens with zero attached hydrogens (tertiary/aromatic N) is 2. The maximum atomic E-state index is 13.4. The molecule has 0 radical (unpaired) electrons.